The summed E-state index contributed by atoms with van der Waals surface area (Å²) in [7, 11) is -4.59. The molecular weight excluding hydrogens is 335 g/mol. The van der Waals surface area contributed by atoms with Gasteiger partial charge in [0.2, 0.25) is 10.4 Å². The van der Waals surface area contributed by atoms with E-state index >= 15 is 0 Å². The molecule has 0 aliphatic heterocycles. The summed E-state index contributed by atoms with van der Waals surface area (Å²) in [6, 6.07) is 0. The third-order valence-electron chi connectivity index (χ3n) is 3.99. The molecule has 0 N–H and O–H groups in total. The van der Waals surface area contributed by atoms with Crippen LogP contribution in [0.1, 0.15) is 90.9 Å². The molecule has 0 heterocycles. The standard InChI is InChI=1S/C18H36O4S.Na/c1-3-5-7-9-11-13-15-18(17-22-23(19,20)21)16-14-12-10-8-6-4-2;/h13,15,18H,3-12,14,16-17H2,1-2H3,(H,19,20,21);/q;+1/p-1/b15-13+;. The van der Waals surface area contributed by atoms with E-state index in [2.05, 4.69) is 24.1 Å². The van der Waals surface area contributed by atoms with Crippen LogP contribution in [0.4, 0.5) is 0 Å². The van der Waals surface area contributed by atoms with Crippen LogP contribution in [0.25, 0.3) is 0 Å². The zero-order chi connectivity index (χ0) is 17.4. The molecular formula is C18H35NaO4S. The molecule has 6 heteroatoms. The molecule has 0 aliphatic carbocycles. The minimum absolute atomic E-state index is 0. The number of hydrogen-bond donors (Lipinski definition) is 0. The molecule has 0 aromatic heterocycles. The summed E-state index contributed by atoms with van der Waals surface area (Å²) < 4.78 is 36.3. The van der Waals surface area contributed by atoms with Gasteiger partial charge in [-0.3, -0.25) is 4.18 Å². The first-order chi connectivity index (χ1) is 11.0. The second-order valence-electron chi connectivity index (χ2n) is 6.29. The van der Waals surface area contributed by atoms with Crippen molar-refractivity contribution in [2.75, 3.05) is 6.61 Å². The second kappa shape index (κ2) is 18.4. The van der Waals surface area contributed by atoms with Gasteiger partial charge in [0.15, 0.2) is 0 Å². The Morgan fingerprint density at radius 1 is 0.917 bits per heavy atom. The van der Waals surface area contributed by atoms with Gasteiger partial charge < -0.3 is 4.55 Å². The maximum atomic E-state index is 10.6. The van der Waals surface area contributed by atoms with Crippen molar-refractivity contribution in [2.24, 2.45) is 5.92 Å². The first kappa shape index (κ1) is 26.8. The fourth-order valence-corrected chi connectivity index (χ4v) is 2.91. The SMILES string of the molecule is CCCCCC/C=C/C(CCCCCCCC)COS(=O)(=O)[O-].[Na+]. The van der Waals surface area contributed by atoms with Gasteiger partial charge >= 0.3 is 29.6 Å². The molecule has 0 aromatic rings. The average Bonchev–Trinajstić information content (AvgIpc) is 2.49. The van der Waals surface area contributed by atoms with Gasteiger partial charge in [-0.15, -0.1) is 0 Å². The molecule has 4 nitrogen and oxygen atoms in total. The summed E-state index contributed by atoms with van der Waals surface area (Å²) in [5.74, 6) is 0.0241. The Bertz CT molecular complexity index is 382. The van der Waals surface area contributed by atoms with Gasteiger partial charge in [-0.1, -0.05) is 83.8 Å². The Balaban J connectivity index is 0. The third-order valence-corrected chi connectivity index (χ3v) is 4.41. The first-order valence-electron chi connectivity index (χ1n) is 9.26. The van der Waals surface area contributed by atoms with Gasteiger partial charge in [0.25, 0.3) is 0 Å². The molecule has 0 aromatic carbocycles. The van der Waals surface area contributed by atoms with E-state index in [1.807, 2.05) is 6.08 Å². The van der Waals surface area contributed by atoms with E-state index in [1.54, 1.807) is 0 Å². The average molecular weight is 371 g/mol. The van der Waals surface area contributed by atoms with Crippen LogP contribution in [0.2, 0.25) is 0 Å². The summed E-state index contributed by atoms with van der Waals surface area (Å²) in [6.45, 7) is 4.36. The number of unbranched alkanes of at least 4 members (excludes halogenated alkanes) is 9. The summed E-state index contributed by atoms with van der Waals surface area (Å²) in [5, 5.41) is 0. The molecule has 138 valence electrons. The Morgan fingerprint density at radius 2 is 1.46 bits per heavy atom. The van der Waals surface area contributed by atoms with Crippen molar-refractivity contribution in [2.45, 2.75) is 90.9 Å². The summed E-state index contributed by atoms with van der Waals surface area (Å²) in [6.07, 6.45) is 18.1. The zero-order valence-electron chi connectivity index (χ0n) is 16.0. The molecule has 0 rings (SSSR count). The molecule has 0 radical (unpaired) electrons. The third kappa shape index (κ3) is 20.7. The predicted molar refractivity (Wildman–Crippen MR) is 95.0 cm³/mol. The monoisotopic (exact) mass is 370 g/mol. The van der Waals surface area contributed by atoms with E-state index in [4.69, 9.17) is 0 Å². The fraction of sp³-hybridized carbons (Fsp3) is 0.889. The van der Waals surface area contributed by atoms with E-state index in [9.17, 15) is 13.0 Å². The largest absolute Gasteiger partial charge is 1.00 e. The van der Waals surface area contributed by atoms with Crippen LogP contribution in [0, 0.1) is 5.92 Å². The normalized spacial score (nSPS) is 13.1. The van der Waals surface area contributed by atoms with E-state index in [0.717, 1.165) is 32.1 Å². The van der Waals surface area contributed by atoms with Crippen LogP contribution in [0.3, 0.4) is 0 Å². The molecule has 0 bridgehead atoms. The molecule has 0 amide bonds. The van der Waals surface area contributed by atoms with Crippen molar-refractivity contribution in [1.82, 2.24) is 0 Å². The van der Waals surface area contributed by atoms with E-state index in [-0.39, 0.29) is 42.1 Å². The Morgan fingerprint density at radius 3 is 2.04 bits per heavy atom. The minimum Gasteiger partial charge on any atom is -0.726 e. The van der Waals surface area contributed by atoms with Crippen LogP contribution in [0.5, 0.6) is 0 Å². The van der Waals surface area contributed by atoms with Crippen LogP contribution < -0.4 is 29.6 Å². The maximum absolute atomic E-state index is 10.6. The van der Waals surface area contributed by atoms with Gasteiger partial charge in [0.05, 0.1) is 6.61 Å². The molecule has 1 atom stereocenters. The van der Waals surface area contributed by atoms with Crippen LogP contribution >= 0.6 is 0 Å². The Labute approximate surface area is 172 Å². The molecule has 0 spiro atoms. The summed E-state index contributed by atoms with van der Waals surface area (Å²) >= 11 is 0. The van der Waals surface area contributed by atoms with E-state index in [0.29, 0.717) is 0 Å². The first-order valence-corrected chi connectivity index (χ1v) is 10.6. The van der Waals surface area contributed by atoms with E-state index in [1.165, 1.54) is 44.9 Å². The van der Waals surface area contributed by atoms with Crippen molar-refractivity contribution in [3.63, 3.8) is 0 Å². The molecule has 1 unspecified atom stereocenters. The number of hydrogen-bond acceptors (Lipinski definition) is 4. The minimum atomic E-state index is -4.59. The van der Waals surface area contributed by atoms with Crippen molar-refractivity contribution >= 4 is 10.4 Å². The van der Waals surface area contributed by atoms with Gasteiger partial charge in [0.1, 0.15) is 0 Å². The van der Waals surface area contributed by atoms with Crippen molar-refractivity contribution < 1.29 is 46.7 Å². The molecule has 24 heavy (non-hydrogen) atoms. The zero-order valence-corrected chi connectivity index (χ0v) is 18.8. The van der Waals surface area contributed by atoms with Crippen LogP contribution in [-0.4, -0.2) is 19.6 Å². The predicted octanol–water partition coefficient (Wildman–Crippen LogP) is 2.36. The maximum Gasteiger partial charge on any atom is 1.00 e. The summed E-state index contributed by atoms with van der Waals surface area (Å²) in [5.41, 5.74) is 0. The smallest absolute Gasteiger partial charge is 0.726 e. The van der Waals surface area contributed by atoms with Gasteiger partial charge in [0, 0.05) is 5.92 Å². The van der Waals surface area contributed by atoms with Crippen LogP contribution in [-0.2, 0) is 14.6 Å². The molecule has 0 saturated heterocycles. The quantitative estimate of drug-likeness (QED) is 0.138. The van der Waals surface area contributed by atoms with Gasteiger partial charge in [-0.05, 0) is 19.3 Å². The van der Waals surface area contributed by atoms with Crippen molar-refractivity contribution in [3.8, 4) is 0 Å². The van der Waals surface area contributed by atoms with Gasteiger partial charge in [-0.2, -0.15) is 0 Å². The molecule has 0 saturated carbocycles. The fourth-order valence-electron chi connectivity index (χ4n) is 2.57. The second-order valence-corrected chi connectivity index (χ2v) is 7.34. The topological polar surface area (TPSA) is 66.4 Å². The molecule has 0 fully saturated rings. The van der Waals surface area contributed by atoms with Crippen molar-refractivity contribution in [1.29, 1.82) is 0 Å². The van der Waals surface area contributed by atoms with Gasteiger partial charge in [-0.25, -0.2) is 8.42 Å². The number of rotatable bonds is 16. The summed E-state index contributed by atoms with van der Waals surface area (Å²) in [4.78, 5) is 0. The van der Waals surface area contributed by atoms with E-state index < -0.39 is 10.4 Å². The van der Waals surface area contributed by atoms with Crippen LogP contribution in [0.15, 0.2) is 12.2 Å². The Hall–Kier alpha value is 0.610. The Kier molecular flexibility index (Phi) is 20.6. The molecule has 0 aliphatic rings. The number of allylic oxidation sites excluding steroid dienone is 1. The van der Waals surface area contributed by atoms with Crippen molar-refractivity contribution in [3.05, 3.63) is 12.2 Å².